The topological polar surface area (TPSA) is 116 Å². The molecule has 0 saturated heterocycles. The molecule has 21 heavy (non-hydrogen) atoms. The first-order chi connectivity index (χ1) is 9.75. The van der Waals surface area contributed by atoms with E-state index in [4.69, 9.17) is 15.4 Å². The Labute approximate surface area is 125 Å². The number of non-ortho nitro benzene ring substituents is 1. The van der Waals surface area contributed by atoms with Crippen LogP contribution in [0.15, 0.2) is 23.1 Å². The number of hydrogen-bond acceptors (Lipinski definition) is 6. The van der Waals surface area contributed by atoms with E-state index in [0.29, 0.717) is 19.6 Å². The molecule has 1 aromatic rings. The fourth-order valence-corrected chi connectivity index (χ4v) is 2.28. The summed E-state index contributed by atoms with van der Waals surface area (Å²) in [5, 5.41) is 13.3. The standard InChI is InChI=1S/C11H13ClN2O6S/c1-20-4-2-3-13-11(15)8-5-9(14(16)17)7-10(6-8)21(12,18)19/h5-7H,2-4H2,1H3,(H,13,15). The van der Waals surface area contributed by atoms with E-state index in [-0.39, 0.29) is 5.56 Å². The Morgan fingerprint density at radius 2 is 2.10 bits per heavy atom. The van der Waals surface area contributed by atoms with Gasteiger partial charge in [0.05, 0.1) is 9.82 Å². The van der Waals surface area contributed by atoms with Crippen molar-refractivity contribution < 1.29 is 22.9 Å². The van der Waals surface area contributed by atoms with Crippen molar-refractivity contribution in [2.75, 3.05) is 20.3 Å². The van der Waals surface area contributed by atoms with Crippen LogP contribution in [0.2, 0.25) is 0 Å². The highest BCUT2D eigenvalue weighted by Crippen LogP contribution is 2.23. The number of carbonyl (C=O) groups is 1. The van der Waals surface area contributed by atoms with Crippen molar-refractivity contribution in [1.29, 1.82) is 0 Å². The van der Waals surface area contributed by atoms with E-state index >= 15 is 0 Å². The van der Waals surface area contributed by atoms with E-state index in [1.165, 1.54) is 7.11 Å². The average Bonchev–Trinajstić information content (AvgIpc) is 2.41. The number of nitro benzene ring substituents is 1. The second kappa shape index (κ2) is 7.34. The van der Waals surface area contributed by atoms with Gasteiger partial charge in [-0.05, 0) is 12.5 Å². The summed E-state index contributed by atoms with van der Waals surface area (Å²) in [4.78, 5) is 21.3. The number of methoxy groups -OCH3 is 1. The summed E-state index contributed by atoms with van der Waals surface area (Å²) in [5.74, 6) is -0.628. The molecule has 0 aromatic heterocycles. The summed E-state index contributed by atoms with van der Waals surface area (Å²) in [6, 6.07) is 2.77. The lowest BCUT2D eigenvalue weighted by atomic mass is 10.2. The normalized spacial score (nSPS) is 11.1. The van der Waals surface area contributed by atoms with Crippen molar-refractivity contribution in [2.45, 2.75) is 11.3 Å². The van der Waals surface area contributed by atoms with Gasteiger partial charge >= 0.3 is 0 Å². The minimum atomic E-state index is -4.18. The first-order valence-corrected chi connectivity index (χ1v) is 8.08. The van der Waals surface area contributed by atoms with Gasteiger partial charge in [-0.3, -0.25) is 14.9 Å². The SMILES string of the molecule is COCCCNC(=O)c1cc([N+](=O)[O-])cc(S(=O)(=O)Cl)c1. The van der Waals surface area contributed by atoms with Crippen LogP contribution in [-0.4, -0.2) is 39.5 Å². The number of benzene rings is 1. The van der Waals surface area contributed by atoms with E-state index in [2.05, 4.69) is 5.32 Å². The van der Waals surface area contributed by atoms with Crippen LogP contribution in [0.1, 0.15) is 16.8 Å². The Bertz CT molecular complexity index is 646. The summed E-state index contributed by atoms with van der Waals surface area (Å²) < 4.78 is 27.4. The van der Waals surface area contributed by atoms with Crippen LogP contribution in [0.4, 0.5) is 5.69 Å². The van der Waals surface area contributed by atoms with Crippen LogP contribution >= 0.6 is 10.7 Å². The van der Waals surface area contributed by atoms with Crippen LogP contribution in [0.5, 0.6) is 0 Å². The first kappa shape index (κ1) is 17.3. The molecule has 0 spiro atoms. The molecule has 0 aliphatic heterocycles. The number of nitro groups is 1. The molecule has 0 atom stereocenters. The van der Waals surface area contributed by atoms with Gasteiger partial charge in [-0.2, -0.15) is 0 Å². The number of nitrogens with one attached hydrogen (secondary N) is 1. The number of ether oxygens (including phenoxy) is 1. The van der Waals surface area contributed by atoms with Crippen molar-refractivity contribution in [1.82, 2.24) is 5.32 Å². The lowest BCUT2D eigenvalue weighted by molar-refractivity contribution is -0.385. The van der Waals surface area contributed by atoms with Crippen molar-refractivity contribution in [3.8, 4) is 0 Å². The Kier molecular flexibility index (Phi) is 6.06. The van der Waals surface area contributed by atoms with Crippen molar-refractivity contribution in [2.24, 2.45) is 0 Å². The maximum Gasteiger partial charge on any atom is 0.271 e. The van der Waals surface area contributed by atoms with Crippen LogP contribution in [0.3, 0.4) is 0 Å². The van der Waals surface area contributed by atoms with Gasteiger partial charge in [0, 0.05) is 48.6 Å². The maximum absolute atomic E-state index is 11.8. The molecule has 116 valence electrons. The second-order valence-corrected chi connectivity index (χ2v) is 6.58. The van der Waals surface area contributed by atoms with Crippen molar-refractivity contribution in [3.63, 3.8) is 0 Å². The Morgan fingerprint density at radius 1 is 1.43 bits per heavy atom. The molecule has 1 amide bonds. The highest BCUT2D eigenvalue weighted by Gasteiger charge is 2.20. The van der Waals surface area contributed by atoms with Gasteiger partial charge in [0.15, 0.2) is 0 Å². The molecule has 0 saturated carbocycles. The molecule has 0 aliphatic carbocycles. The minimum Gasteiger partial charge on any atom is -0.385 e. The highest BCUT2D eigenvalue weighted by atomic mass is 35.7. The fraction of sp³-hybridized carbons (Fsp3) is 0.364. The number of hydrogen-bond donors (Lipinski definition) is 1. The van der Waals surface area contributed by atoms with Crippen LogP contribution < -0.4 is 5.32 Å². The van der Waals surface area contributed by atoms with Crippen LogP contribution in [0.25, 0.3) is 0 Å². The van der Waals surface area contributed by atoms with Crippen molar-refractivity contribution in [3.05, 3.63) is 33.9 Å². The third-order valence-corrected chi connectivity index (χ3v) is 3.79. The van der Waals surface area contributed by atoms with Crippen LogP contribution in [-0.2, 0) is 13.8 Å². The molecule has 1 aromatic carbocycles. The summed E-state index contributed by atoms with van der Waals surface area (Å²) >= 11 is 0. The van der Waals surface area contributed by atoms with Gasteiger partial charge in [-0.15, -0.1) is 0 Å². The lowest BCUT2D eigenvalue weighted by Crippen LogP contribution is -2.25. The smallest absolute Gasteiger partial charge is 0.271 e. The number of nitrogens with zero attached hydrogens (tertiary/aromatic N) is 1. The maximum atomic E-state index is 11.8. The third kappa shape index (κ3) is 5.29. The summed E-state index contributed by atoms with van der Waals surface area (Å²) in [5.41, 5.74) is -0.681. The zero-order chi connectivity index (χ0) is 16.0. The lowest BCUT2D eigenvalue weighted by Gasteiger charge is -2.06. The van der Waals surface area contributed by atoms with Gasteiger partial charge in [-0.1, -0.05) is 0 Å². The van der Waals surface area contributed by atoms with E-state index in [0.717, 1.165) is 18.2 Å². The fourth-order valence-electron chi connectivity index (χ4n) is 1.48. The first-order valence-electron chi connectivity index (χ1n) is 5.77. The molecule has 0 aliphatic rings. The zero-order valence-corrected chi connectivity index (χ0v) is 12.6. The second-order valence-electron chi connectivity index (χ2n) is 4.01. The van der Waals surface area contributed by atoms with E-state index < -0.39 is 30.5 Å². The molecule has 1 N–H and O–H groups in total. The molecule has 0 unspecified atom stereocenters. The number of halogens is 1. The summed E-state index contributed by atoms with van der Waals surface area (Å²) in [7, 11) is 2.50. The van der Waals surface area contributed by atoms with E-state index in [1.807, 2.05) is 0 Å². The molecule has 0 heterocycles. The minimum absolute atomic E-state index is 0.152. The molecule has 0 radical (unpaired) electrons. The Hall–Kier alpha value is -1.71. The average molecular weight is 337 g/mol. The predicted octanol–water partition coefficient (Wildman–Crippen LogP) is 1.29. The van der Waals surface area contributed by atoms with Gasteiger partial charge in [0.25, 0.3) is 20.6 Å². The number of amides is 1. The van der Waals surface area contributed by atoms with Gasteiger partial charge in [0.2, 0.25) is 0 Å². The molecular weight excluding hydrogens is 324 g/mol. The molecule has 0 fully saturated rings. The molecular formula is C11H13ClN2O6S. The molecule has 0 bridgehead atoms. The Balaban J connectivity index is 3.03. The quantitative estimate of drug-likeness (QED) is 0.347. The molecule has 1 rings (SSSR count). The monoisotopic (exact) mass is 336 g/mol. The van der Waals surface area contributed by atoms with Crippen molar-refractivity contribution >= 4 is 31.3 Å². The molecule has 10 heteroatoms. The van der Waals surface area contributed by atoms with Crippen LogP contribution in [0, 0.1) is 10.1 Å². The predicted molar refractivity (Wildman–Crippen MR) is 75.0 cm³/mol. The highest BCUT2D eigenvalue weighted by molar-refractivity contribution is 8.13. The summed E-state index contributed by atoms with van der Waals surface area (Å²) in [6.07, 6.45) is 0.553. The Morgan fingerprint density at radius 3 is 2.62 bits per heavy atom. The molecule has 8 nitrogen and oxygen atoms in total. The number of rotatable bonds is 7. The number of carbonyl (C=O) groups excluding carboxylic acids is 1. The third-order valence-electron chi connectivity index (χ3n) is 2.46. The zero-order valence-electron chi connectivity index (χ0n) is 11.0. The van der Waals surface area contributed by atoms with E-state index in [9.17, 15) is 23.3 Å². The van der Waals surface area contributed by atoms with E-state index in [1.54, 1.807) is 0 Å². The summed E-state index contributed by atoms with van der Waals surface area (Å²) in [6.45, 7) is 0.731. The van der Waals surface area contributed by atoms with Gasteiger partial charge < -0.3 is 10.1 Å². The largest absolute Gasteiger partial charge is 0.385 e. The van der Waals surface area contributed by atoms with Gasteiger partial charge in [-0.25, -0.2) is 8.42 Å². The van der Waals surface area contributed by atoms with Gasteiger partial charge in [0.1, 0.15) is 0 Å².